The predicted octanol–water partition coefficient (Wildman–Crippen LogP) is 2.19. The summed E-state index contributed by atoms with van der Waals surface area (Å²) in [5.41, 5.74) is -1.28. The van der Waals surface area contributed by atoms with E-state index in [-0.39, 0.29) is 0 Å². The molecule has 19 heavy (non-hydrogen) atoms. The van der Waals surface area contributed by atoms with Gasteiger partial charge in [-0.05, 0) is 17.5 Å². The number of hydrogen-bond acceptors (Lipinski definition) is 2. The summed E-state index contributed by atoms with van der Waals surface area (Å²) in [5.74, 6) is -4.65. The molecular formula is C13H15F2NO3. The highest BCUT2D eigenvalue weighted by molar-refractivity contribution is 5.97. The fourth-order valence-electron chi connectivity index (χ4n) is 1.54. The van der Waals surface area contributed by atoms with Crippen molar-refractivity contribution in [1.82, 2.24) is 5.32 Å². The van der Waals surface area contributed by atoms with Gasteiger partial charge in [0.2, 0.25) is 0 Å². The summed E-state index contributed by atoms with van der Waals surface area (Å²) in [4.78, 5) is 22.9. The molecule has 0 aromatic heterocycles. The number of hydrogen-bond donors (Lipinski definition) is 2. The fraction of sp³-hybridized carbons (Fsp3) is 0.385. The van der Waals surface area contributed by atoms with E-state index in [9.17, 15) is 18.4 Å². The lowest BCUT2D eigenvalue weighted by atomic mass is 9.86. The largest absolute Gasteiger partial charge is 0.480 e. The van der Waals surface area contributed by atoms with E-state index in [0.717, 1.165) is 12.1 Å². The summed E-state index contributed by atoms with van der Waals surface area (Å²) in [6.07, 6.45) is 0. The topological polar surface area (TPSA) is 66.4 Å². The Labute approximate surface area is 109 Å². The molecule has 0 radical (unpaired) electrons. The summed E-state index contributed by atoms with van der Waals surface area (Å²) < 4.78 is 26.4. The van der Waals surface area contributed by atoms with Crippen molar-refractivity contribution in [3.8, 4) is 0 Å². The van der Waals surface area contributed by atoms with Crippen LogP contribution in [0.3, 0.4) is 0 Å². The molecule has 0 saturated carbocycles. The van der Waals surface area contributed by atoms with Crippen molar-refractivity contribution in [1.29, 1.82) is 0 Å². The maximum absolute atomic E-state index is 13.4. The van der Waals surface area contributed by atoms with Crippen LogP contribution >= 0.6 is 0 Å². The second-order valence-corrected chi connectivity index (χ2v) is 5.21. The third-order valence-electron chi connectivity index (χ3n) is 2.58. The minimum atomic E-state index is -1.29. The first-order chi connectivity index (χ1) is 8.64. The Morgan fingerprint density at radius 2 is 1.84 bits per heavy atom. The minimum absolute atomic E-state index is 0.518. The van der Waals surface area contributed by atoms with Gasteiger partial charge in [0.1, 0.15) is 6.04 Å². The van der Waals surface area contributed by atoms with Crippen molar-refractivity contribution in [2.45, 2.75) is 26.8 Å². The average Bonchev–Trinajstić information content (AvgIpc) is 2.27. The smallest absolute Gasteiger partial charge is 0.326 e. The number of nitrogens with one attached hydrogen (secondary N) is 1. The zero-order valence-electron chi connectivity index (χ0n) is 10.8. The molecule has 0 aliphatic heterocycles. The van der Waals surface area contributed by atoms with Crippen LogP contribution < -0.4 is 5.32 Å². The molecule has 0 saturated heterocycles. The predicted molar refractivity (Wildman–Crippen MR) is 64.7 cm³/mol. The van der Waals surface area contributed by atoms with Crippen LogP contribution in [0.4, 0.5) is 8.78 Å². The standard InChI is InChI=1S/C13H15F2NO3/c1-13(2,3)10(12(18)19)16-11(17)7-5-4-6-8(14)9(7)15/h4-6,10H,1-3H3,(H,16,17)(H,18,19)/t10-/m1/s1. The van der Waals surface area contributed by atoms with Gasteiger partial charge >= 0.3 is 5.97 Å². The van der Waals surface area contributed by atoms with Gasteiger partial charge < -0.3 is 10.4 Å². The molecule has 2 N–H and O–H groups in total. The highest BCUT2D eigenvalue weighted by Crippen LogP contribution is 2.20. The van der Waals surface area contributed by atoms with Crippen LogP contribution in [0, 0.1) is 17.0 Å². The van der Waals surface area contributed by atoms with Crippen LogP contribution in [-0.4, -0.2) is 23.0 Å². The van der Waals surface area contributed by atoms with Crippen molar-refractivity contribution in [3.05, 3.63) is 35.4 Å². The first-order valence-corrected chi connectivity index (χ1v) is 5.62. The lowest BCUT2D eigenvalue weighted by Gasteiger charge is -2.27. The third-order valence-corrected chi connectivity index (χ3v) is 2.58. The molecule has 1 aromatic rings. The van der Waals surface area contributed by atoms with E-state index in [0.29, 0.717) is 0 Å². The molecular weight excluding hydrogens is 256 g/mol. The maximum atomic E-state index is 13.4. The molecule has 0 unspecified atom stereocenters. The van der Waals surface area contributed by atoms with Crippen molar-refractivity contribution < 1.29 is 23.5 Å². The maximum Gasteiger partial charge on any atom is 0.326 e. The summed E-state index contributed by atoms with van der Waals surface area (Å²) >= 11 is 0. The van der Waals surface area contributed by atoms with Crippen LogP contribution in [0.25, 0.3) is 0 Å². The Balaban J connectivity index is 3.02. The lowest BCUT2D eigenvalue weighted by Crippen LogP contribution is -2.49. The number of carbonyl (C=O) groups is 2. The monoisotopic (exact) mass is 271 g/mol. The van der Waals surface area contributed by atoms with Gasteiger partial charge in [0, 0.05) is 0 Å². The molecule has 0 heterocycles. The van der Waals surface area contributed by atoms with Gasteiger partial charge in [-0.2, -0.15) is 0 Å². The van der Waals surface area contributed by atoms with Crippen LogP contribution in [0.5, 0.6) is 0 Å². The lowest BCUT2D eigenvalue weighted by molar-refractivity contribution is -0.142. The highest BCUT2D eigenvalue weighted by atomic mass is 19.2. The van der Waals surface area contributed by atoms with Crippen molar-refractivity contribution in [2.24, 2.45) is 5.41 Å². The second-order valence-electron chi connectivity index (χ2n) is 5.21. The van der Waals surface area contributed by atoms with E-state index >= 15 is 0 Å². The molecule has 4 nitrogen and oxygen atoms in total. The van der Waals surface area contributed by atoms with Crippen LogP contribution in [0.15, 0.2) is 18.2 Å². The molecule has 1 amide bonds. The first-order valence-electron chi connectivity index (χ1n) is 5.62. The van der Waals surface area contributed by atoms with Gasteiger partial charge in [-0.15, -0.1) is 0 Å². The van der Waals surface area contributed by atoms with Gasteiger partial charge in [-0.3, -0.25) is 4.79 Å². The number of amides is 1. The normalized spacial score (nSPS) is 12.9. The SMILES string of the molecule is CC(C)(C)[C@H](NC(=O)c1cccc(F)c1F)C(=O)O. The number of carboxylic acid groups (broad SMARTS) is 1. The molecule has 0 aliphatic rings. The van der Waals surface area contributed by atoms with Crippen molar-refractivity contribution >= 4 is 11.9 Å². The summed E-state index contributed by atoms with van der Waals surface area (Å²) in [7, 11) is 0. The number of rotatable bonds is 3. The van der Waals surface area contributed by atoms with E-state index in [2.05, 4.69) is 5.32 Å². The third kappa shape index (κ3) is 3.49. The van der Waals surface area contributed by atoms with Crippen molar-refractivity contribution in [3.63, 3.8) is 0 Å². The second kappa shape index (κ2) is 5.34. The Bertz CT molecular complexity index is 509. The summed E-state index contributed by atoms with van der Waals surface area (Å²) in [6, 6.07) is 1.95. The quantitative estimate of drug-likeness (QED) is 0.885. The fourth-order valence-corrected chi connectivity index (χ4v) is 1.54. The zero-order chi connectivity index (χ0) is 14.8. The summed E-state index contributed by atoms with van der Waals surface area (Å²) in [5, 5.41) is 11.2. The molecule has 0 fully saturated rings. The van der Waals surface area contributed by atoms with E-state index in [4.69, 9.17) is 5.11 Å². The number of benzene rings is 1. The number of carbonyl (C=O) groups excluding carboxylic acids is 1. The van der Waals surface area contributed by atoms with Gasteiger partial charge in [0.15, 0.2) is 11.6 Å². The molecule has 1 aromatic carbocycles. The van der Waals surface area contributed by atoms with E-state index < -0.39 is 40.5 Å². The van der Waals surface area contributed by atoms with E-state index in [1.165, 1.54) is 6.07 Å². The van der Waals surface area contributed by atoms with Gasteiger partial charge in [-0.25, -0.2) is 13.6 Å². The Morgan fingerprint density at radius 1 is 1.26 bits per heavy atom. The van der Waals surface area contributed by atoms with Gasteiger partial charge in [0.05, 0.1) is 5.56 Å². The zero-order valence-corrected chi connectivity index (χ0v) is 10.8. The Hall–Kier alpha value is -1.98. The molecule has 1 atom stereocenters. The number of aliphatic carboxylic acids is 1. The number of halogens is 2. The van der Waals surface area contributed by atoms with Gasteiger partial charge in [-0.1, -0.05) is 26.8 Å². The molecule has 0 bridgehead atoms. The molecule has 6 heteroatoms. The first kappa shape index (κ1) is 15.1. The van der Waals surface area contributed by atoms with Crippen LogP contribution in [0.2, 0.25) is 0 Å². The Morgan fingerprint density at radius 3 is 2.32 bits per heavy atom. The summed E-state index contributed by atoms with van der Waals surface area (Å²) in [6.45, 7) is 4.86. The minimum Gasteiger partial charge on any atom is -0.480 e. The Kier molecular flexibility index (Phi) is 4.24. The van der Waals surface area contributed by atoms with Crippen LogP contribution in [0.1, 0.15) is 31.1 Å². The van der Waals surface area contributed by atoms with E-state index in [1.54, 1.807) is 20.8 Å². The van der Waals surface area contributed by atoms with E-state index in [1.807, 2.05) is 0 Å². The van der Waals surface area contributed by atoms with Gasteiger partial charge in [0.25, 0.3) is 5.91 Å². The molecule has 1 rings (SSSR count). The number of carboxylic acids is 1. The average molecular weight is 271 g/mol. The molecule has 0 spiro atoms. The molecule has 104 valence electrons. The highest BCUT2D eigenvalue weighted by Gasteiger charge is 2.33. The van der Waals surface area contributed by atoms with Crippen LogP contribution in [-0.2, 0) is 4.79 Å². The van der Waals surface area contributed by atoms with Crippen molar-refractivity contribution in [2.75, 3.05) is 0 Å². The molecule has 0 aliphatic carbocycles.